The molecule has 2 aromatic rings. The molecule has 0 bridgehead atoms. The first-order valence-corrected chi connectivity index (χ1v) is 6.34. The van der Waals surface area contributed by atoms with Crippen molar-refractivity contribution >= 4 is 11.9 Å². The van der Waals surface area contributed by atoms with Crippen LogP contribution in [0.25, 0.3) is 0 Å². The van der Waals surface area contributed by atoms with Crippen molar-refractivity contribution < 1.29 is 23.5 Å². The van der Waals surface area contributed by atoms with Gasteiger partial charge in [0.05, 0.1) is 17.9 Å². The van der Waals surface area contributed by atoms with Gasteiger partial charge in [-0.2, -0.15) is 0 Å². The Hall–Kier alpha value is -2.50. The molecule has 0 saturated carbocycles. The minimum Gasteiger partial charge on any atom is -0.478 e. The Balaban J connectivity index is 1.75. The second-order valence-corrected chi connectivity index (χ2v) is 4.72. The minimum absolute atomic E-state index is 0.00183. The summed E-state index contributed by atoms with van der Waals surface area (Å²) in [6, 6.07) is 2.95. The van der Waals surface area contributed by atoms with Gasteiger partial charge in [-0.15, -0.1) is 0 Å². The van der Waals surface area contributed by atoms with Gasteiger partial charge in [0.15, 0.2) is 5.76 Å². The molecular formula is C14H13NO5. The molecule has 0 aliphatic heterocycles. The quantitative estimate of drug-likeness (QED) is 0.897. The van der Waals surface area contributed by atoms with Crippen molar-refractivity contribution in [3.8, 4) is 0 Å². The number of rotatable bonds is 3. The van der Waals surface area contributed by atoms with E-state index in [0.717, 1.165) is 36.8 Å². The number of carboxylic acids is 1. The number of fused-ring (bicyclic) bond motifs is 1. The summed E-state index contributed by atoms with van der Waals surface area (Å²) in [5.41, 5.74) is 0.942. The van der Waals surface area contributed by atoms with Crippen LogP contribution in [0.15, 0.2) is 33.5 Å². The van der Waals surface area contributed by atoms with Gasteiger partial charge in [0, 0.05) is 18.1 Å². The Morgan fingerprint density at radius 3 is 2.95 bits per heavy atom. The zero-order valence-electron chi connectivity index (χ0n) is 10.6. The standard InChI is InChI=1S/C14H13NO5/c16-13(12-6-8(7-20-12)14(17)18)15-10-2-1-3-11-9(10)4-5-19-11/h4-7,10H,1-3H2,(H,15,16)(H,17,18). The van der Waals surface area contributed by atoms with Crippen LogP contribution in [0.1, 0.15) is 51.1 Å². The van der Waals surface area contributed by atoms with Gasteiger partial charge in [0.25, 0.3) is 5.91 Å². The SMILES string of the molecule is O=C(O)c1coc(C(=O)NC2CCCc3occc32)c1. The number of aromatic carboxylic acids is 1. The first-order valence-electron chi connectivity index (χ1n) is 6.34. The molecule has 6 heteroatoms. The van der Waals surface area contributed by atoms with Gasteiger partial charge in [-0.25, -0.2) is 4.79 Å². The fourth-order valence-electron chi connectivity index (χ4n) is 2.43. The van der Waals surface area contributed by atoms with Crippen LogP contribution in [0.2, 0.25) is 0 Å². The van der Waals surface area contributed by atoms with Crippen molar-refractivity contribution in [1.29, 1.82) is 0 Å². The van der Waals surface area contributed by atoms with E-state index in [4.69, 9.17) is 13.9 Å². The van der Waals surface area contributed by atoms with Gasteiger partial charge in [0.1, 0.15) is 12.0 Å². The summed E-state index contributed by atoms with van der Waals surface area (Å²) in [5, 5.41) is 11.6. The molecule has 2 aromatic heterocycles. The maximum absolute atomic E-state index is 12.1. The number of furan rings is 2. The number of carbonyl (C=O) groups is 2. The van der Waals surface area contributed by atoms with Gasteiger partial charge in [-0.3, -0.25) is 4.79 Å². The fourth-order valence-corrected chi connectivity index (χ4v) is 2.43. The number of hydrogen-bond donors (Lipinski definition) is 2. The molecule has 6 nitrogen and oxygen atoms in total. The van der Waals surface area contributed by atoms with E-state index < -0.39 is 11.9 Å². The summed E-state index contributed by atoms with van der Waals surface area (Å²) in [4.78, 5) is 22.8. The van der Waals surface area contributed by atoms with Crippen LogP contribution in [0.5, 0.6) is 0 Å². The molecule has 0 fully saturated rings. The zero-order chi connectivity index (χ0) is 14.1. The Bertz CT molecular complexity index is 654. The number of nitrogens with one attached hydrogen (secondary N) is 1. The van der Waals surface area contributed by atoms with Gasteiger partial charge in [-0.1, -0.05) is 0 Å². The molecule has 1 aliphatic carbocycles. The van der Waals surface area contributed by atoms with Crippen LogP contribution in [0.3, 0.4) is 0 Å². The first-order chi connectivity index (χ1) is 9.65. The summed E-state index contributed by atoms with van der Waals surface area (Å²) in [7, 11) is 0. The van der Waals surface area contributed by atoms with Gasteiger partial charge in [-0.05, 0) is 18.9 Å². The number of carbonyl (C=O) groups excluding carboxylic acids is 1. The zero-order valence-corrected chi connectivity index (χ0v) is 10.6. The van der Waals surface area contributed by atoms with Crippen molar-refractivity contribution in [2.45, 2.75) is 25.3 Å². The van der Waals surface area contributed by atoms with E-state index in [1.54, 1.807) is 6.26 Å². The smallest absolute Gasteiger partial charge is 0.338 e. The average Bonchev–Trinajstić information content (AvgIpc) is 3.08. The largest absolute Gasteiger partial charge is 0.478 e. The molecule has 0 aromatic carbocycles. The Morgan fingerprint density at radius 1 is 1.35 bits per heavy atom. The number of hydrogen-bond acceptors (Lipinski definition) is 4. The Morgan fingerprint density at radius 2 is 2.20 bits per heavy atom. The van der Waals surface area contributed by atoms with Crippen LogP contribution < -0.4 is 5.32 Å². The van der Waals surface area contributed by atoms with Crippen molar-refractivity contribution in [1.82, 2.24) is 5.32 Å². The molecule has 1 atom stereocenters. The molecule has 0 radical (unpaired) electrons. The van der Waals surface area contributed by atoms with Crippen molar-refractivity contribution in [3.05, 3.63) is 47.3 Å². The lowest BCUT2D eigenvalue weighted by atomic mass is 9.93. The van der Waals surface area contributed by atoms with Crippen molar-refractivity contribution in [2.24, 2.45) is 0 Å². The van der Waals surface area contributed by atoms with E-state index in [9.17, 15) is 9.59 Å². The molecule has 3 rings (SSSR count). The predicted octanol–water partition coefficient (Wildman–Crippen LogP) is 2.38. The average molecular weight is 275 g/mol. The molecular weight excluding hydrogens is 262 g/mol. The lowest BCUT2D eigenvalue weighted by Gasteiger charge is -2.22. The summed E-state index contributed by atoms with van der Waals surface area (Å²) >= 11 is 0. The molecule has 0 saturated heterocycles. The third-order valence-electron chi connectivity index (χ3n) is 3.43. The second kappa shape index (κ2) is 4.88. The lowest BCUT2D eigenvalue weighted by Crippen LogP contribution is -2.30. The maximum atomic E-state index is 12.1. The van der Waals surface area contributed by atoms with E-state index in [0.29, 0.717) is 0 Å². The molecule has 2 N–H and O–H groups in total. The van der Waals surface area contributed by atoms with Crippen LogP contribution in [0.4, 0.5) is 0 Å². The monoisotopic (exact) mass is 275 g/mol. The number of amides is 1. The second-order valence-electron chi connectivity index (χ2n) is 4.72. The first kappa shape index (κ1) is 12.5. The minimum atomic E-state index is -1.12. The maximum Gasteiger partial charge on any atom is 0.338 e. The van der Waals surface area contributed by atoms with Crippen LogP contribution in [0, 0.1) is 0 Å². The lowest BCUT2D eigenvalue weighted by molar-refractivity contribution is 0.0695. The molecule has 20 heavy (non-hydrogen) atoms. The highest BCUT2D eigenvalue weighted by molar-refractivity contribution is 5.95. The third-order valence-corrected chi connectivity index (χ3v) is 3.43. The van der Waals surface area contributed by atoms with Gasteiger partial charge >= 0.3 is 5.97 Å². The predicted molar refractivity (Wildman–Crippen MR) is 67.5 cm³/mol. The summed E-state index contributed by atoms with van der Waals surface area (Å²) in [6.45, 7) is 0. The van der Waals surface area contributed by atoms with Gasteiger partial charge < -0.3 is 19.3 Å². The van der Waals surface area contributed by atoms with E-state index in [1.165, 1.54) is 6.07 Å². The molecule has 1 unspecified atom stereocenters. The topological polar surface area (TPSA) is 92.7 Å². The van der Waals surface area contributed by atoms with E-state index in [2.05, 4.69) is 5.32 Å². The van der Waals surface area contributed by atoms with E-state index in [-0.39, 0.29) is 17.4 Å². The van der Waals surface area contributed by atoms with Crippen LogP contribution in [-0.2, 0) is 6.42 Å². The number of carboxylic acid groups (broad SMARTS) is 1. The van der Waals surface area contributed by atoms with Crippen molar-refractivity contribution in [3.63, 3.8) is 0 Å². The van der Waals surface area contributed by atoms with Crippen LogP contribution in [-0.4, -0.2) is 17.0 Å². The summed E-state index contributed by atoms with van der Waals surface area (Å²) < 4.78 is 10.3. The van der Waals surface area contributed by atoms with Crippen molar-refractivity contribution in [2.75, 3.05) is 0 Å². The molecule has 104 valence electrons. The van der Waals surface area contributed by atoms with Gasteiger partial charge in [0.2, 0.25) is 0 Å². The number of aryl methyl sites for hydroxylation is 1. The Labute approximate surface area is 114 Å². The summed E-state index contributed by atoms with van der Waals surface area (Å²) in [6.07, 6.45) is 5.30. The normalized spacial score (nSPS) is 17.5. The third kappa shape index (κ3) is 2.20. The van der Waals surface area contributed by atoms with E-state index in [1.807, 2.05) is 6.07 Å². The summed E-state index contributed by atoms with van der Waals surface area (Å²) in [5.74, 6) is -0.649. The molecule has 2 heterocycles. The fraction of sp³-hybridized carbons (Fsp3) is 0.286. The Kier molecular flexibility index (Phi) is 3.06. The highest BCUT2D eigenvalue weighted by Gasteiger charge is 2.25. The highest BCUT2D eigenvalue weighted by Crippen LogP contribution is 2.30. The highest BCUT2D eigenvalue weighted by atomic mass is 16.4. The molecule has 1 amide bonds. The molecule has 1 aliphatic rings. The molecule has 0 spiro atoms. The van der Waals surface area contributed by atoms with Crippen LogP contribution >= 0.6 is 0 Å². The van der Waals surface area contributed by atoms with E-state index >= 15 is 0 Å².